The smallest absolute Gasteiger partial charge is 0.217 e. The van der Waals surface area contributed by atoms with E-state index in [4.69, 9.17) is 0 Å². The molecule has 0 radical (unpaired) electrons. The van der Waals surface area contributed by atoms with E-state index >= 15 is 0 Å². The van der Waals surface area contributed by atoms with Crippen LogP contribution >= 0.6 is 0 Å². The van der Waals surface area contributed by atoms with Gasteiger partial charge in [0.05, 0.1) is 6.04 Å². The summed E-state index contributed by atoms with van der Waals surface area (Å²) in [6, 6.07) is 15.1. The molecular weight excluding hydrogens is 262 g/mol. The van der Waals surface area contributed by atoms with Crippen molar-refractivity contribution in [3.63, 3.8) is 0 Å². The van der Waals surface area contributed by atoms with E-state index in [0.29, 0.717) is 11.1 Å². The minimum absolute atomic E-state index is 0.0203. The summed E-state index contributed by atoms with van der Waals surface area (Å²) in [5.74, 6) is -0.0143. The van der Waals surface area contributed by atoms with Gasteiger partial charge >= 0.3 is 0 Å². The fourth-order valence-corrected chi connectivity index (χ4v) is 2.90. The Bertz CT molecular complexity index is 692. The van der Waals surface area contributed by atoms with Gasteiger partial charge in [-0.1, -0.05) is 42.5 Å². The third kappa shape index (κ3) is 2.72. The second kappa shape index (κ2) is 5.52. The van der Waals surface area contributed by atoms with Gasteiger partial charge in [0.2, 0.25) is 5.91 Å². The minimum atomic E-state index is -0.0346. The fourth-order valence-electron chi connectivity index (χ4n) is 2.90. The second-order valence-corrected chi connectivity index (χ2v) is 5.40. The van der Waals surface area contributed by atoms with Crippen molar-refractivity contribution in [1.29, 1.82) is 0 Å². The third-order valence-electron chi connectivity index (χ3n) is 3.90. The Hall–Kier alpha value is -2.42. The van der Waals surface area contributed by atoms with Crippen molar-refractivity contribution < 1.29 is 9.59 Å². The molecule has 1 N–H and O–H groups in total. The van der Waals surface area contributed by atoms with Crippen LogP contribution in [0.15, 0.2) is 48.5 Å². The van der Waals surface area contributed by atoms with Gasteiger partial charge in [0, 0.05) is 18.1 Å². The Labute approximate surface area is 124 Å². The third-order valence-corrected chi connectivity index (χ3v) is 3.90. The standard InChI is InChI=1S/C18H17NO2/c1-12(20)19-17-10-9-13-7-8-15(11-16(13)17)18(21)14-5-3-2-4-6-14/h2-8,11,17H,9-10H2,1H3,(H,19,20)/t17-/m0/s1. The van der Waals surface area contributed by atoms with E-state index in [0.717, 1.165) is 18.4 Å². The predicted octanol–water partition coefficient (Wildman–Crippen LogP) is 3.04. The average molecular weight is 279 g/mol. The van der Waals surface area contributed by atoms with E-state index in [2.05, 4.69) is 5.32 Å². The van der Waals surface area contributed by atoms with Crippen LogP contribution in [0.25, 0.3) is 0 Å². The number of nitrogens with one attached hydrogen (secondary N) is 1. The van der Waals surface area contributed by atoms with Crippen molar-refractivity contribution in [3.8, 4) is 0 Å². The van der Waals surface area contributed by atoms with E-state index in [1.165, 1.54) is 12.5 Å². The molecular formula is C18H17NO2. The second-order valence-electron chi connectivity index (χ2n) is 5.40. The molecule has 2 aromatic carbocycles. The number of rotatable bonds is 3. The van der Waals surface area contributed by atoms with Gasteiger partial charge in [-0.3, -0.25) is 9.59 Å². The van der Waals surface area contributed by atoms with Gasteiger partial charge in [-0.25, -0.2) is 0 Å². The summed E-state index contributed by atoms with van der Waals surface area (Å²) in [6.07, 6.45) is 1.85. The Morgan fingerprint density at radius 3 is 2.52 bits per heavy atom. The van der Waals surface area contributed by atoms with Crippen molar-refractivity contribution in [2.45, 2.75) is 25.8 Å². The van der Waals surface area contributed by atoms with Crippen molar-refractivity contribution >= 4 is 11.7 Å². The van der Waals surface area contributed by atoms with Crippen molar-refractivity contribution in [2.24, 2.45) is 0 Å². The van der Waals surface area contributed by atoms with E-state index in [-0.39, 0.29) is 17.7 Å². The zero-order valence-corrected chi connectivity index (χ0v) is 11.9. The van der Waals surface area contributed by atoms with Crippen LogP contribution in [0.2, 0.25) is 0 Å². The summed E-state index contributed by atoms with van der Waals surface area (Å²) in [5.41, 5.74) is 3.66. The first-order chi connectivity index (χ1) is 10.1. The first-order valence-corrected chi connectivity index (χ1v) is 7.15. The van der Waals surface area contributed by atoms with Crippen LogP contribution in [-0.4, -0.2) is 11.7 Å². The average Bonchev–Trinajstić information content (AvgIpc) is 2.89. The van der Waals surface area contributed by atoms with Gasteiger partial charge in [0.15, 0.2) is 5.78 Å². The number of hydrogen-bond donors (Lipinski definition) is 1. The van der Waals surface area contributed by atoms with Gasteiger partial charge < -0.3 is 5.32 Å². The number of carbonyl (C=O) groups is 2. The molecule has 0 spiro atoms. The molecule has 1 atom stereocenters. The van der Waals surface area contributed by atoms with Gasteiger partial charge in [0.1, 0.15) is 0 Å². The van der Waals surface area contributed by atoms with E-state index in [1.807, 2.05) is 48.5 Å². The molecule has 3 rings (SSSR count). The minimum Gasteiger partial charge on any atom is -0.350 e. The molecule has 106 valence electrons. The maximum Gasteiger partial charge on any atom is 0.217 e. The fraction of sp³-hybridized carbons (Fsp3) is 0.222. The van der Waals surface area contributed by atoms with Gasteiger partial charge in [-0.05, 0) is 30.0 Å². The normalized spacial score (nSPS) is 16.3. The highest BCUT2D eigenvalue weighted by Crippen LogP contribution is 2.32. The van der Waals surface area contributed by atoms with E-state index in [9.17, 15) is 9.59 Å². The van der Waals surface area contributed by atoms with Crippen LogP contribution in [0.3, 0.4) is 0 Å². The largest absolute Gasteiger partial charge is 0.350 e. The van der Waals surface area contributed by atoms with Crippen LogP contribution in [0.5, 0.6) is 0 Å². The van der Waals surface area contributed by atoms with Crippen LogP contribution in [0, 0.1) is 0 Å². The molecule has 0 aliphatic heterocycles. The van der Waals surface area contributed by atoms with E-state index < -0.39 is 0 Å². The molecule has 3 nitrogen and oxygen atoms in total. The van der Waals surface area contributed by atoms with Crippen molar-refractivity contribution in [3.05, 3.63) is 70.8 Å². The molecule has 0 aromatic heterocycles. The zero-order chi connectivity index (χ0) is 14.8. The highest BCUT2D eigenvalue weighted by atomic mass is 16.1. The molecule has 0 heterocycles. The summed E-state index contributed by atoms with van der Waals surface area (Å²) >= 11 is 0. The Balaban J connectivity index is 1.92. The van der Waals surface area contributed by atoms with Gasteiger partial charge in [0.25, 0.3) is 0 Å². The summed E-state index contributed by atoms with van der Waals surface area (Å²) in [7, 11) is 0. The Kier molecular flexibility index (Phi) is 3.57. The molecule has 3 heteroatoms. The zero-order valence-electron chi connectivity index (χ0n) is 11.9. The number of carbonyl (C=O) groups excluding carboxylic acids is 2. The summed E-state index contributed by atoms with van der Waals surface area (Å²) in [4.78, 5) is 23.8. The molecule has 0 unspecified atom stereocenters. The van der Waals surface area contributed by atoms with Crippen molar-refractivity contribution in [2.75, 3.05) is 0 Å². The van der Waals surface area contributed by atoms with Crippen molar-refractivity contribution in [1.82, 2.24) is 5.32 Å². The van der Waals surface area contributed by atoms with E-state index in [1.54, 1.807) is 0 Å². The molecule has 21 heavy (non-hydrogen) atoms. The lowest BCUT2D eigenvalue weighted by atomic mass is 9.98. The lowest BCUT2D eigenvalue weighted by Crippen LogP contribution is -2.24. The quantitative estimate of drug-likeness (QED) is 0.878. The van der Waals surface area contributed by atoms with Crippen LogP contribution in [0.4, 0.5) is 0 Å². The molecule has 1 amide bonds. The molecule has 1 aliphatic carbocycles. The molecule has 1 aliphatic rings. The molecule has 0 saturated carbocycles. The van der Waals surface area contributed by atoms with Crippen LogP contribution in [0.1, 0.15) is 46.4 Å². The molecule has 0 bridgehead atoms. The lowest BCUT2D eigenvalue weighted by Gasteiger charge is -2.13. The molecule has 0 saturated heterocycles. The Morgan fingerprint density at radius 2 is 1.81 bits per heavy atom. The molecule has 0 fully saturated rings. The first-order valence-electron chi connectivity index (χ1n) is 7.15. The van der Waals surface area contributed by atoms with Gasteiger partial charge in [-0.15, -0.1) is 0 Å². The summed E-state index contributed by atoms with van der Waals surface area (Å²) < 4.78 is 0. The topological polar surface area (TPSA) is 46.2 Å². The lowest BCUT2D eigenvalue weighted by molar-refractivity contribution is -0.119. The first kappa shape index (κ1) is 13.6. The number of hydrogen-bond acceptors (Lipinski definition) is 2. The van der Waals surface area contributed by atoms with Gasteiger partial charge in [-0.2, -0.15) is 0 Å². The SMILES string of the molecule is CC(=O)N[C@H]1CCc2ccc(C(=O)c3ccccc3)cc21. The highest BCUT2D eigenvalue weighted by molar-refractivity contribution is 6.09. The van der Waals surface area contributed by atoms with Crippen LogP contribution < -0.4 is 5.32 Å². The summed E-state index contributed by atoms with van der Waals surface area (Å²) in [5, 5.41) is 2.95. The number of fused-ring (bicyclic) bond motifs is 1. The number of amides is 1. The van der Waals surface area contributed by atoms with Crippen LogP contribution in [-0.2, 0) is 11.2 Å². The Morgan fingerprint density at radius 1 is 1.05 bits per heavy atom. The highest BCUT2D eigenvalue weighted by Gasteiger charge is 2.24. The molecule has 2 aromatic rings. The number of benzene rings is 2. The predicted molar refractivity (Wildman–Crippen MR) is 81.2 cm³/mol. The summed E-state index contributed by atoms with van der Waals surface area (Å²) in [6.45, 7) is 1.52. The number of aryl methyl sites for hydroxylation is 1. The maximum atomic E-state index is 12.5. The monoisotopic (exact) mass is 279 g/mol. The maximum absolute atomic E-state index is 12.5. The number of ketones is 1.